The Kier molecular flexibility index (Phi) is 3.93. The molecule has 0 radical (unpaired) electrons. The SMILES string of the molecule is CC(=O)[C@@H]1CC[C@@H]2[C@@H]3C[C@H](O)[C@@H]4C[C@H](O)CC[C@]4(C)[C@@H]3CC[C@@]21C. The molecule has 4 saturated carbocycles. The summed E-state index contributed by atoms with van der Waals surface area (Å²) in [4.78, 5) is 12.2. The van der Waals surface area contributed by atoms with Crippen LogP contribution in [0.4, 0.5) is 0 Å². The minimum Gasteiger partial charge on any atom is -0.393 e. The van der Waals surface area contributed by atoms with Gasteiger partial charge in [-0.1, -0.05) is 13.8 Å². The van der Waals surface area contributed by atoms with Crippen molar-refractivity contribution in [2.75, 3.05) is 0 Å². The van der Waals surface area contributed by atoms with Crippen molar-refractivity contribution in [2.24, 2.45) is 40.4 Å². The second-order valence-electron chi connectivity index (χ2n) is 10.0. The normalized spacial score (nSPS) is 57.0. The van der Waals surface area contributed by atoms with Crippen molar-refractivity contribution >= 4 is 5.78 Å². The molecule has 3 nitrogen and oxygen atoms in total. The molecule has 0 aromatic carbocycles. The lowest BCUT2D eigenvalue weighted by atomic mass is 9.44. The molecule has 4 aliphatic rings. The predicted molar refractivity (Wildman–Crippen MR) is 93.3 cm³/mol. The van der Waals surface area contributed by atoms with Crippen LogP contribution in [0.15, 0.2) is 0 Å². The maximum atomic E-state index is 12.2. The topological polar surface area (TPSA) is 57.5 Å². The minimum absolute atomic E-state index is 0.157. The summed E-state index contributed by atoms with van der Waals surface area (Å²) in [5.74, 6) is 2.71. The zero-order valence-corrected chi connectivity index (χ0v) is 15.5. The monoisotopic (exact) mass is 334 g/mol. The van der Waals surface area contributed by atoms with Crippen molar-refractivity contribution in [1.82, 2.24) is 0 Å². The molecule has 4 fully saturated rings. The Bertz CT molecular complexity index is 531. The van der Waals surface area contributed by atoms with Gasteiger partial charge in [-0.25, -0.2) is 0 Å². The third-order valence-electron chi connectivity index (χ3n) is 9.14. The van der Waals surface area contributed by atoms with Gasteiger partial charge in [0.05, 0.1) is 12.2 Å². The summed E-state index contributed by atoms with van der Waals surface area (Å²) in [5, 5.41) is 21.0. The first-order chi connectivity index (χ1) is 11.3. The van der Waals surface area contributed by atoms with Gasteiger partial charge in [-0.05, 0) is 92.8 Å². The summed E-state index contributed by atoms with van der Waals surface area (Å²) in [6, 6.07) is 0. The quantitative estimate of drug-likeness (QED) is 0.771. The number of rotatable bonds is 1. The van der Waals surface area contributed by atoms with E-state index in [1.165, 1.54) is 12.8 Å². The fourth-order valence-electron chi connectivity index (χ4n) is 7.95. The highest BCUT2D eigenvalue weighted by Gasteiger charge is 2.62. The highest BCUT2D eigenvalue weighted by molar-refractivity contribution is 5.79. The van der Waals surface area contributed by atoms with Crippen LogP contribution in [-0.4, -0.2) is 28.2 Å². The van der Waals surface area contributed by atoms with Gasteiger partial charge in [0, 0.05) is 5.92 Å². The van der Waals surface area contributed by atoms with E-state index < -0.39 is 0 Å². The van der Waals surface area contributed by atoms with Crippen molar-refractivity contribution in [3.8, 4) is 0 Å². The number of ketones is 1. The number of aliphatic hydroxyl groups is 2. The van der Waals surface area contributed by atoms with E-state index in [1.807, 2.05) is 0 Å². The highest BCUT2D eigenvalue weighted by atomic mass is 16.3. The van der Waals surface area contributed by atoms with Gasteiger partial charge in [0.15, 0.2) is 0 Å². The number of hydrogen-bond acceptors (Lipinski definition) is 3. The van der Waals surface area contributed by atoms with Gasteiger partial charge >= 0.3 is 0 Å². The number of carbonyl (C=O) groups is 1. The first kappa shape index (κ1) is 17.0. The summed E-state index contributed by atoms with van der Waals surface area (Å²) < 4.78 is 0. The summed E-state index contributed by atoms with van der Waals surface area (Å²) in [5.41, 5.74) is 0.335. The van der Waals surface area contributed by atoms with Crippen molar-refractivity contribution in [2.45, 2.75) is 84.3 Å². The second-order valence-corrected chi connectivity index (χ2v) is 10.0. The van der Waals surface area contributed by atoms with E-state index in [-0.39, 0.29) is 34.9 Å². The van der Waals surface area contributed by atoms with Crippen LogP contribution >= 0.6 is 0 Å². The molecule has 0 bridgehead atoms. The van der Waals surface area contributed by atoms with Gasteiger partial charge in [-0.15, -0.1) is 0 Å². The van der Waals surface area contributed by atoms with Crippen LogP contribution in [0.3, 0.4) is 0 Å². The van der Waals surface area contributed by atoms with Gasteiger partial charge in [0.1, 0.15) is 5.78 Å². The number of hydrogen-bond donors (Lipinski definition) is 2. The molecule has 136 valence electrons. The molecule has 0 aromatic heterocycles. The average molecular weight is 335 g/mol. The smallest absolute Gasteiger partial charge is 0.133 e. The molecule has 4 aliphatic carbocycles. The van der Waals surface area contributed by atoms with Crippen molar-refractivity contribution in [3.63, 3.8) is 0 Å². The summed E-state index contributed by atoms with van der Waals surface area (Å²) in [6.45, 7) is 6.53. The van der Waals surface area contributed by atoms with Crippen LogP contribution in [0.25, 0.3) is 0 Å². The predicted octanol–water partition coefficient (Wildman–Crippen LogP) is 3.57. The van der Waals surface area contributed by atoms with Crippen molar-refractivity contribution < 1.29 is 15.0 Å². The maximum absolute atomic E-state index is 12.2. The van der Waals surface area contributed by atoms with Crippen LogP contribution in [0.5, 0.6) is 0 Å². The standard InChI is InChI=1S/C21H34O3/c1-12(22)15-4-5-16-14-11-19(24)18-10-13(23)6-8-21(18,3)17(14)7-9-20(15,16)2/h13-19,23-24H,4-11H2,1-3H3/t13-,14+,15+,16-,17-,18+,19+,20-,21-/m1/s1. The van der Waals surface area contributed by atoms with E-state index in [2.05, 4.69) is 13.8 Å². The van der Waals surface area contributed by atoms with Crippen LogP contribution in [0.1, 0.15) is 72.1 Å². The molecular formula is C21H34O3. The lowest BCUT2D eigenvalue weighted by Gasteiger charge is -2.62. The molecule has 0 heterocycles. The molecule has 0 spiro atoms. The molecule has 0 amide bonds. The zero-order valence-electron chi connectivity index (χ0n) is 15.5. The number of carbonyl (C=O) groups excluding carboxylic acids is 1. The third kappa shape index (κ3) is 2.19. The van der Waals surface area contributed by atoms with E-state index in [0.717, 1.165) is 38.5 Å². The minimum atomic E-state index is -0.273. The van der Waals surface area contributed by atoms with Gasteiger partial charge in [0.2, 0.25) is 0 Å². The Morgan fingerprint density at radius 1 is 0.875 bits per heavy atom. The molecular weight excluding hydrogens is 300 g/mol. The molecule has 0 aromatic rings. The molecule has 0 unspecified atom stereocenters. The number of fused-ring (bicyclic) bond motifs is 5. The lowest BCUT2D eigenvalue weighted by molar-refractivity contribution is -0.171. The summed E-state index contributed by atoms with van der Waals surface area (Å²) in [7, 11) is 0. The summed E-state index contributed by atoms with van der Waals surface area (Å²) >= 11 is 0. The van der Waals surface area contributed by atoms with E-state index >= 15 is 0 Å². The Morgan fingerprint density at radius 2 is 1.54 bits per heavy atom. The summed E-state index contributed by atoms with van der Waals surface area (Å²) in [6.07, 6.45) is 7.70. The van der Waals surface area contributed by atoms with Crippen LogP contribution in [-0.2, 0) is 4.79 Å². The van der Waals surface area contributed by atoms with Crippen molar-refractivity contribution in [3.05, 3.63) is 0 Å². The molecule has 0 saturated heterocycles. The van der Waals surface area contributed by atoms with E-state index in [4.69, 9.17) is 0 Å². The van der Waals surface area contributed by atoms with Gasteiger partial charge in [-0.3, -0.25) is 4.79 Å². The van der Waals surface area contributed by atoms with Crippen LogP contribution in [0.2, 0.25) is 0 Å². The lowest BCUT2D eigenvalue weighted by Crippen LogP contribution is -2.58. The molecule has 9 atom stereocenters. The first-order valence-electron chi connectivity index (χ1n) is 10.1. The average Bonchev–Trinajstić information content (AvgIpc) is 2.87. The van der Waals surface area contributed by atoms with Crippen molar-refractivity contribution in [1.29, 1.82) is 0 Å². The van der Waals surface area contributed by atoms with E-state index in [9.17, 15) is 15.0 Å². The Labute approximate surface area is 146 Å². The molecule has 3 heteroatoms. The van der Waals surface area contributed by atoms with Gasteiger partial charge in [-0.2, -0.15) is 0 Å². The zero-order chi connectivity index (χ0) is 17.3. The highest BCUT2D eigenvalue weighted by Crippen LogP contribution is 2.67. The van der Waals surface area contributed by atoms with E-state index in [1.54, 1.807) is 6.92 Å². The van der Waals surface area contributed by atoms with Crippen LogP contribution < -0.4 is 0 Å². The van der Waals surface area contributed by atoms with Gasteiger partial charge in [0.25, 0.3) is 0 Å². The van der Waals surface area contributed by atoms with Gasteiger partial charge < -0.3 is 10.2 Å². The number of Topliss-reactive ketones (excluding diaryl/α,β-unsaturated/α-hetero) is 1. The molecule has 0 aliphatic heterocycles. The molecule has 2 N–H and O–H groups in total. The fraction of sp³-hybridized carbons (Fsp3) is 0.952. The Morgan fingerprint density at radius 3 is 2.25 bits per heavy atom. The second kappa shape index (κ2) is 5.54. The van der Waals surface area contributed by atoms with E-state index in [0.29, 0.717) is 23.5 Å². The van der Waals surface area contributed by atoms with Crippen LogP contribution in [0, 0.1) is 40.4 Å². The number of aliphatic hydroxyl groups excluding tert-OH is 2. The molecule has 24 heavy (non-hydrogen) atoms. The first-order valence-corrected chi connectivity index (χ1v) is 10.1. The maximum Gasteiger partial charge on any atom is 0.133 e. The molecule has 4 rings (SSSR count). The fourth-order valence-corrected chi connectivity index (χ4v) is 7.95. The Balaban J connectivity index is 1.65. The largest absolute Gasteiger partial charge is 0.393 e. The third-order valence-corrected chi connectivity index (χ3v) is 9.14. The Hall–Kier alpha value is -0.410.